The van der Waals surface area contributed by atoms with Gasteiger partial charge in [-0.05, 0) is 52.0 Å². The number of likely N-dealkylation sites (tertiary alicyclic amines) is 1. The van der Waals surface area contributed by atoms with Crippen LogP contribution < -0.4 is 5.32 Å². The second kappa shape index (κ2) is 6.89. The van der Waals surface area contributed by atoms with Crippen LogP contribution in [-0.4, -0.2) is 49.3 Å². The van der Waals surface area contributed by atoms with Crippen LogP contribution in [0.1, 0.15) is 46.0 Å². The topological polar surface area (TPSA) is 48.3 Å². The number of methoxy groups -OCH3 is 1. The standard InChI is InChI=1S/C16H29N3O/c1-13(2)18-16(12-17)8-4-5-14(16)6-9-19-10-7-15(11-19)20-3/h13-15,18H,4-11H2,1-3H3. The van der Waals surface area contributed by atoms with E-state index in [0.717, 1.165) is 38.9 Å². The van der Waals surface area contributed by atoms with Gasteiger partial charge in [-0.3, -0.25) is 5.32 Å². The largest absolute Gasteiger partial charge is 0.380 e. The van der Waals surface area contributed by atoms with Gasteiger partial charge in [0.1, 0.15) is 5.54 Å². The first-order chi connectivity index (χ1) is 9.59. The summed E-state index contributed by atoms with van der Waals surface area (Å²) in [6, 6.07) is 2.97. The Balaban J connectivity index is 1.86. The van der Waals surface area contributed by atoms with E-state index in [1.807, 2.05) is 0 Å². The Bertz CT molecular complexity index is 352. The van der Waals surface area contributed by atoms with E-state index >= 15 is 0 Å². The predicted octanol–water partition coefficient (Wildman–Crippen LogP) is 2.16. The summed E-state index contributed by atoms with van der Waals surface area (Å²) >= 11 is 0. The summed E-state index contributed by atoms with van der Waals surface area (Å²) in [6.45, 7) is 7.58. The quantitative estimate of drug-likeness (QED) is 0.809. The van der Waals surface area contributed by atoms with Crippen molar-refractivity contribution < 1.29 is 4.74 Å². The van der Waals surface area contributed by atoms with Gasteiger partial charge in [-0.2, -0.15) is 5.26 Å². The molecule has 1 saturated heterocycles. The summed E-state index contributed by atoms with van der Waals surface area (Å²) in [4.78, 5) is 2.49. The minimum absolute atomic E-state index is 0.283. The van der Waals surface area contributed by atoms with Crippen LogP contribution in [0.25, 0.3) is 0 Å². The second-order valence-corrected chi connectivity index (χ2v) is 6.71. The molecule has 1 N–H and O–H groups in total. The first kappa shape index (κ1) is 15.8. The third-order valence-electron chi connectivity index (χ3n) is 4.92. The Morgan fingerprint density at radius 2 is 2.25 bits per heavy atom. The molecular weight excluding hydrogens is 250 g/mol. The van der Waals surface area contributed by atoms with Crippen LogP contribution in [-0.2, 0) is 4.74 Å². The van der Waals surface area contributed by atoms with Crippen molar-refractivity contribution in [2.75, 3.05) is 26.7 Å². The smallest absolute Gasteiger partial charge is 0.109 e. The molecule has 0 radical (unpaired) electrons. The third kappa shape index (κ3) is 3.52. The molecule has 0 bridgehead atoms. The van der Waals surface area contributed by atoms with Crippen LogP contribution in [0.2, 0.25) is 0 Å². The zero-order valence-corrected chi connectivity index (χ0v) is 13.2. The Hall–Kier alpha value is -0.630. The van der Waals surface area contributed by atoms with Gasteiger partial charge in [0.15, 0.2) is 0 Å². The van der Waals surface area contributed by atoms with Gasteiger partial charge in [0, 0.05) is 26.2 Å². The Morgan fingerprint density at radius 1 is 1.45 bits per heavy atom. The first-order valence-electron chi connectivity index (χ1n) is 8.03. The Morgan fingerprint density at radius 3 is 2.85 bits per heavy atom. The fourth-order valence-electron chi connectivity index (χ4n) is 3.88. The van der Waals surface area contributed by atoms with Crippen molar-refractivity contribution in [1.82, 2.24) is 10.2 Å². The van der Waals surface area contributed by atoms with E-state index in [1.54, 1.807) is 7.11 Å². The normalized spacial score (nSPS) is 34.8. The van der Waals surface area contributed by atoms with Gasteiger partial charge in [-0.15, -0.1) is 0 Å². The zero-order chi connectivity index (χ0) is 14.6. The molecule has 0 spiro atoms. The van der Waals surface area contributed by atoms with Crippen molar-refractivity contribution in [1.29, 1.82) is 5.26 Å². The van der Waals surface area contributed by atoms with Gasteiger partial charge >= 0.3 is 0 Å². The predicted molar refractivity (Wildman–Crippen MR) is 80.4 cm³/mol. The van der Waals surface area contributed by atoms with Gasteiger partial charge in [0.05, 0.1) is 12.2 Å². The highest BCUT2D eigenvalue weighted by Gasteiger charge is 2.43. The van der Waals surface area contributed by atoms with E-state index in [2.05, 4.69) is 30.1 Å². The van der Waals surface area contributed by atoms with E-state index in [0.29, 0.717) is 18.1 Å². The van der Waals surface area contributed by atoms with Crippen LogP contribution >= 0.6 is 0 Å². The highest BCUT2D eigenvalue weighted by molar-refractivity contribution is 5.14. The first-order valence-corrected chi connectivity index (χ1v) is 8.03. The Kier molecular flexibility index (Phi) is 5.42. The van der Waals surface area contributed by atoms with Crippen molar-refractivity contribution >= 4 is 0 Å². The maximum absolute atomic E-state index is 9.66. The van der Waals surface area contributed by atoms with Gasteiger partial charge < -0.3 is 9.64 Å². The molecule has 2 rings (SSSR count). The summed E-state index contributed by atoms with van der Waals surface area (Å²) in [5, 5.41) is 13.2. The molecule has 114 valence electrons. The molecule has 0 aromatic carbocycles. The maximum atomic E-state index is 9.66. The molecule has 1 aliphatic heterocycles. The lowest BCUT2D eigenvalue weighted by molar-refractivity contribution is 0.106. The van der Waals surface area contributed by atoms with Crippen LogP contribution in [0.15, 0.2) is 0 Å². The zero-order valence-electron chi connectivity index (χ0n) is 13.2. The van der Waals surface area contributed by atoms with Gasteiger partial charge in [-0.25, -0.2) is 0 Å². The van der Waals surface area contributed by atoms with Crippen LogP contribution in [0.4, 0.5) is 0 Å². The average molecular weight is 279 g/mol. The van der Waals surface area contributed by atoms with Gasteiger partial charge in [-0.1, -0.05) is 6.42 Å². The van der Waals surface area contributed by atoms with Crippen molar-refractivity contribution in [2.45, 2.75) is 63.6 Å². The third-order valence-corrected chi connectivity index (χ3v) is 4.92. The lowest BCUT2D eigenvalue weighted by atomic mass is 9.85. The number of nitriles is 1. The van der Waals surface area contributed by atoms with Crippen molar-refractivity contribution in [2.24, 2.45) is 5.92 Å². The molecule has 3 unspecified atom stereocenters. The molecule has 4 nitrogen and oxygen atoms in total. The number of nitrogens with zero attached hydrogens (tertiary/aromatic N) is 2. The van der Waals surface area contributed by atoms with Crippen molar-refractivity contribution in [3.63, 3.8) is 0 Å². The minimum atomic E-state index is -0.283. The lowest BCUT2D eigenvalue weighted by Crippen LogP contribution is -2.50. The molecule has 20 heavy (non-hydrogen) atoms. The van der Waals surface area contributed by atoms with Crippen LogP contribution in [0, 0.1) is 17.2 Å². The van der Waals surface area contributed by atoms with Crippen molar-refractivity contribution in [3.05, 3.63) is 0 Å². The van der Waals surface area contributed by atoms with E-state index in [9.17, 15) is 5.26 Å². The fourth-order valence-corrected chi connectivity index (χ4v) is 3.88. The number of rotatable bonds is 6. The van der Waals surface area contributed by atoms with Crippen molar-refractivity contribution in [3.8, 4) is 6.07 Å². The summed E-state index contributed by atoms with van der Waals surface area (Å²) in [5.74, 6) is 0.497. The highest BCUT2D eigenvalue weighted by Crippen LogP contribution is 2.38. The number of nitrogens with one attached hydrogen (secondary N) is 1. The fraction of sp³-hybridized carbons (Fsp3) is 0.938. The molecule has 1 aliphatic carbocycles. The Labute approximate surface area is 123 Å². The van der Waals surface area contributed by atoms with Gasteiger partial charge in [0.2, 0.25) is 0 Å². The molecule has 3 atom stereocenters. The molecule has 0 aromatic heterocycles. The summed E-state index contributed by atoms with van der Waals surface area (Å²) in [7, 11) is 1.80. The SMILES string of the molecule is COC1CCN(CCC2CCCC2(C#N)NC(C)C)C1. The second-order valence-electron chi connectivity index (χ2n) is 6.71. The number of hydrogen-bond acceptors (Lipinski definition) is 4. The molecular formula is C16H29N3O. The summed E-state index contributed by atoms with van der Waals surface area (Å²) in [5.41, 5.74) is -0.283. The molecule has 1 heterocycles. The molecule has 4 heteroatoms. The van der Waals surface area contributed by atoms with Crippen LogP contribution in [0.3, 0.4) is 0 Å². The summed E-state index contributed by atoms with van der Waals surface area (Å²) in [6.07, 6.45) is 6.06. The van der Waals surface area contributed by atoms with Gasteiger partial charge in [0.25, 0.3) is 0 Å². The van der Waals surface area contributed by atoms with Crippen LogP contribution in [0.5, 0.6) is 0 Å². The minimum Gasteiger partial charge on any atom is -0.380 e. The lowest BCUT2D eigenvalue weighted by Gasteiger charge is -2.33. The molecule has 2 aliphatic rings. The molecule has 0 aromatic rings. The highest BCUT2D eigenvalue weighted by atomic mass is 16.5. The number of ether oxygens (including phenoxy) is 1. The van der Waals surface area contributed by atoms with E-state index in [-0.39, 0.29) is 5.54 Å². The van der Waals surface area contributed by atoms with E-state index in [4.69, 9.17) is 4.74 Å². The molecule has 1 saturated carbocycles. The van der Waals surface area contributed by atoms with E-state index < -0.39 is 0 Å². The molecule has 0 amide bonds. The maximum Gasteiger partial charge on any atom is 0.109 e. The average Bonchev–Trinajstić information content (AvgIpc) is 3.02. The summed E-state index contributed by atoms with van der Waals surface area (Å²) < 4.78 is 5.42. The molecule has 2 fully saturated rings. The monoisotopic (exact) mass is 279 g/mol. The van der Waals surface area contributed by atoms with E-state index in [1.165, 1.54) is 12.8 Å². The number of hydrogen-bond donors (Lipinski definition) is 1.